The van der Waals surface area contributed by atoms with E-state index in [2.05, 4.69) is 5.32 Å². The van der Waals surface area contributed by atoms with E-state index < -0.39 is 0 Å². The van der Waals surface area contributed by atoms with Gasteiger partial charge in [0.25, 0.3) is 0 Å². The molecule has 0 aromatic heterocycles. The molecule has 4 heteroatoms. The Morgan fingerprint density at radius 1 is 1.33 bits per heavy atom. The Balaban J connectivity index is 2.59. The number of ether oxygens (including phenoxy) is 1. The highest BCUT2D eigenvalue weighted by molar-refractivity contribution is 5.41. The van der Waals surface area contributed by atoms with Gasteiger partial charge >= 0.3 is 0 Å². The highest BCUT2D eigenvalue weighted by Crippen LogP contribution is 2.26. The van der Waals surface area contributed by atoms with Gasteiger partial charge in [-0.05, 0) is 37.5 Å². The molecule has 1 aromatic rings. The predicted octanol–water partition coefficient (Wildman–Crippen LogP) is 1.90. The molecule has 0 amide bonds. The predicted molar refractivity (Wildman–Crippen MR) is 71.8 cm³/mol. The molecule has 0 saturated carbocycles. The summed E-state index contributed by atoms with van der Waals surface area (Å²) in [4.78, 5) is 0. The minimum Gasteiger partial charge on any atom is -0.504 e. The van der Waals surface area contributed by atoms with Crippen LogP contribution in [0.3, 0.4) is 0 Å². The number of hydrogen-bond donors (Lipinski definition) is 3. The van der Waals surface area contributed by atoms with E-state index in [9.17, 15) is 5.11 Å². The van der Waals surface area contributed by atoms with Crippen molar-refractivity contribution in [3.63, 3.8) is 0 Å². The molecule has 0 radical (unpaired) electrons. The Bertz CT molecular complexity index is 368. The number of phenols is 1. The molecule has 2 atom stereocenters. The Morgan fingerprint density at radius 2 is 2.06 bits per heavy atom. The van der Waals surface area contributed by atoms with Crippen molar-refractivity contribution in [3.8, 4) is 11.5 Å². The highest BCUT2D eigenvalue weighted by atomic mass is 16.5. The number of phenolic OH excluding ortho intramolecular Hbond substituents is 1. The Kier molecular flexibility index (Phi) is 5.95. The monoisotopic (exact) mass is 253 g/mol. The summed E-state index contributed by atoms with van der Waals surface area (Å²) >= 11 is 0. The van der Waals surface area contributed by atoms with Gasteiger partial charge in [0.2, 0.25) is 0 Å². The Morgan fingerprint density at radius 3 is 2.67 bits per heavy atom. The van der Waals surface area contributed by atoms with Crippen molar-refractivity contribution < 1.29 is 14.9 Å². The van der Waals surface area contributed by atoms with Crippen LogP contribution >= 0.6 is 0 Å². The second-order valence-electron chi connectivity index (χ2n) is 4.56. The molecule has 0 spiro atoms. The number of aliphatic hydroxyl groups excluding tert-OH is 1. The fourth-order valence-electron chi connectivity index (χ4n) is 1.58. The summed E-state index contributed by atoms with van der Waals surface area (Å²) in [6, 6.07) is 5.57. The van der Waals surface area contributed by atoms with Crippen molar-refractivity contribution in [2.75, 3.05) is 13.2 Å². The average Bonchev–Trinajstić information content (AvgIpc) is 2.38. The van der Waals surface area contributed by atoms with E-state index in [4.69, 9.17) is 9.84 Å². The fraction of sp³-hybridized carbons (Fsp3) is 0.571. The maximum atomic E-state index is 9.59. The maximum absolute atomic E-state index is 9.59. The second-order valence-corrected chi connectivity index (χ2v) is 4.56. The largest absolute Gasteiger partial charge is 0.504 e. The molecule has 4 nitrogen and oxygen atoms in total. The molecule has 102 valence electrons. The van der Waals surface area contributed by atoms with Crippen LogP contribution in [0, 0.1) is 5.92 Å². The third-order valence-electron chi connectivity index (χ3n) is 3.09. The molecule has 2 unspecified atom stereocenters. The first-order valence-electron chi connectivity index (χ1n) is 6.37. The molecule has 0 aliphatic rings. The van der Waals surface area contributed by atoms with Crippen molar-refractivity contribution in [3.05, 3.63) is 23.8 Å². The third kappa shape index (κ3) is 4.20. The lowest BCUT2D eigenvalue weighted by Gasteiger charge is -2.19. The quantitative estimate of drug-likeness (QED) is 0.694. The van der Waals surface area contributed by atoms with Crippen LogP contribution in [0.25, 0.3) is 0 Å². The normalized spacial score (nSPS) is 14.2. The van der Waals surface area contributed by atoms with Crippen molar-refractivity contribution in [1.82, 2.24) is 5.32 Å². The summed E-state index contributed by atoms with van der Waals surface area (Å²) in [5.41, 5.74) is 1.05. The second kappa shape index (κ2) is 7.24. The number of nitrogens with one attached hydrogen (secondary N) is 1. The first kappa shape index (κ1) is 14.8. The lowest BCUT2D eigenvalue weighted by molar-refractivity contribution is 0.207. The SMILES string of the molecule is CCOc1cc(CNC(C)C(C)CO)ccc1O. The third-order valence-corrected chi connectivity index (χ3v) is 3.09. The number of aliphatic hydroxyl groups is 1. The van der Waals surface area contributed by atoms with Gasteiger partial charge in [-0.1, -0.05) is 13.0 Å². The molecule has 18 heavy (non-hydrogen) atoms. The molecule has 0 aliphatic carbocycles. The van der Waals surface area contributed by atoms with E-state index in [1.54, 1.807) is 6.07 Å². The Hall–Kier alpha value is -1.26. The molecule has 0 aliphatic heterocycles. The zero-order valence-corrected chi connectivity index (χ0v) is 11.3. The number of aromatic hydroxyl groups is 1. The van der Waals surface area contributed by atoms with Crippen LogP contribution in [0.4, 0.5) is 0 Å². The van der Waals surface area contributed by atoms with E-state index >= 15 is 0 Å². The first-order chi connectivity index (χ1) is 8.58. The standard InChI is InChI=1S/C14H23NO3/c1-4-18-14-7-12(5-6-13(14)17)8-15-11(3)10(2)9-16/h5-7,10-11,15-17H,4,8-9H2,1-3H3. The molecule has 0 fully saturated rings. The van der Waals surface area contributed by atoms with Crippen molar-refractivity contribution in [2.24, 2.45) is 5.92 Å². The summed E-state index contributed by atoms with van der Waals surface area (Å²) in [5, 5.41) is 22.0. The number of benzene rings is 1. The topological polar surface area (TPSA) is 61.7 Å². The minimum absolute atomic E-state index is 0.164. The van der Waals surface area contributed by atoms with Gasteiger partial charge in [-0.2, -0.15) is 0 Å². The van der Waals surface area contributed by atoms with Crippen LogP contribution in [-0.2, 0) is 6.54 Å². The van der Waals surface area contributed by atoms with Crippen molar-refractivity contribution >= 4 is 0 Å². The van der Waals surface area contributed by atoms with Gasteiger partial charge in [0.1, 0.15) is 0 Å². The smallest absolute Gasteiger partial charge is 0.161 e. The van der Waals surface area contributed by atoms with Gasteiger partial charge in [0, 0.05) is 19.2 Å². The van der Waals surface area contributed by atoms with Crippen molar-refractivity contribution in [2.45, 2.75) is 33.4 Å². The van der Waals surface area contributed by atoms with Gasteiger partial charge in [-0.15, -0.1) is 0 Å². The van der Waals surface area contributed by atoms with Gasteiger partial charge in [-0.3, -0.25) is 0 Å². The first-order valence-corrected chi connectivity index (χ1v) is 6.37. The van der Waals surface area contributed by atoms with Crippen LogP contribution in [0.2, 0.25) is 0 Å². The van der Waals surface area contributed by atoms with E-state index in [1.807, 2.05) is 32.9 Å². The van der Waals surface area contributed by atoms with Crippen LogP contribution in [0.1, 0.15) is 26.3 Å². The van der Waals surface area contributed by atoms with E-state index in [0.717, 1.165) is 5.56 Å². The van der Waals surface area contributed by atoms with Gasteiger partial charge in [0.15, 0.2) is 11.5 Å². The molecular weight excluding hydrogens is 230 g/mol. The molecule has 0 bridgehead atoms. The lowest BCUT2D eigenvalue weighted by Crippen LogP contribution is -2.33. The summed E-state index contributed by atoms with van der Waals surface area (Å²) in [5.74, 6) is 0.894. The van der Waals surface area contributed by atoms with Crippen LogP contribution in [0.15, 0.2) is 18.2 Å². The number of hydrogen-bond acceptors (Lipinski definition) is 4. The van der Waals surface area contributed by atoms with Gasteiger partial charge < -0.3 is 20.3 Å². The highest BCUT2D eigenvalue weighted by Gasteiger charge is 2.10. The fourth-order valence-corrected chi connectivity index (χ4v) is 1.58. The van der Waals surface area contributed by atoms with E-state index in [0.29, 0.717) is 18.9 Å². The summed E-state index contributed by atoms with van der Waals surface area (Å²) in [6.07, 6.45) is 0. The molecule has 0 saturated heterocycles. The summed E-state index contributed by atoms with van der Waals surface area (Å²) in [7, 11) is 0. The minimum atomic E-state index is 0.164. The van der Waals surface area contributed by atoms with E-state index in [-0.39, 0.29) is 24.3 Å². The molecule has 1 aromatic carbocycles. The lowest BCUT2D eigenvalue weighted by atomic mass is 10.0. The van der Waals surface area contributed by atoms with E-state index in [1.165, 1.54) is 0 Å². The van der Waals surface area contributed by atoms with Gasteiger partial charge in [-0.25, -0.2) is 0 Å². The van der Waals surface area contributed by atoms with Gasteiger partial charge in [0.05, 0.1) is 6.61 Å². The van der Waals surface area contributed by atoms with Crippen LogP contribution in [-0.4, -0.2) is 29.5 Å². The molecule has 0 heterocycles. The maximum Gasteiger partial charge on any atom is 0.161 e. The molecule has 3 N–H and O–H groups in total. The van der Waals surface area contributed by atoms with Crippen LogP contribution < -0.4 is 10.1 Å². The number of rotatable bonds is 7. The molecular formula is C14H23NO3. The summed E-state index contributed by atoms with van der Waals surface area (Å²) in [6.45, 7) is 7.32. The summed E-state index contributed by atoms with van der Waals surface area (Å²) < 4.78 is 5.33. The van der Waals surface area contributed by atoms with Crippen LogP contribution in [0.5, 0.6) is 11.5 Å². The zero-order chi connectivity index (χ0) is 13.5. The zero-order valence-electron chi connectivity index (χ0n) is 11.3. The van der Waals surface area contributed by atoms with Crippen molar-refractivity contribution in [1.29, 1.82) is 0 Å². The average molecular weight is 253 g/mol. The Labute approximate surface area is 109 Å². The molecule has 1 rings (SSSR count).